The molecular formula is C24H19N5O3. The van der Waals surface area contributed by atoms with Crippen molar-refractivity contribution in [1.29, 1.82) is 5.26 Å². The van der Waals surface area contributed by atoms with Crippen LogP contribution >= 0.6 is 0 Å². The lowest BCUT2D eigenvalue weighted by Gasteiger charge is -2.09. The molecule has 2 aromatic carbocycles. The van der Waals surface area contributed by atoms with Gasteiger partial charge in [-0.1, -0.05) is 30.3 Å². The molecule has 0 spiro atoms. The van der Waals surface area contributed by atoms with E-state index in [-0.39, 0.29) is 25.3 Å². The molecular weight excluding hydrogens is 406 g/mol. The Bertz CT molecular complexity index is 1330. The van der Waals surface area contributed by atoms with Crippen LogP contribution in [0.25, 0.3) is 22.6 Å². The molecule has 0 aliphatic heterocycles. The predicted molar refractivity (Wildman–Crippen MR) is 118 cm³/mol. The molecule has 0 radical (unpaired) electrons. The number of aromatic nitrogens is 4. The van der Waals surface area contributed by atoms with Crippen LogP contribution in [0.15, 0.2) is 77.9 Å². The van der Waals surface area contributed by atoms with E-state index in [1.807, 2.05) is 30.3 Å². The van der Waals surface area contributed by atoms with Gasteiger partial charge in [0.15, 0.2) is 11.6 Å². The molecule has 0 amide bonds. The van der Waals surface area contributed by atoms with E-state index in [4.69, 9.17) is 15.1 Å². The number of rotatable bonds is 7. The second-order valence-electron chi connectivity index (χ2n) is 6.92. The van der Waals surface area contributed by atoms with Gasteiger partial charge >= 0.3 is 0 Å². The summed E-state index contributed by atoms with van der Waals surface area (Å²) < 4.78 is 6.67. The summed E-state index contributed by atoms with van der Waals surface area (Å²) >= 11 is 0. The Labute approximate surface area is 184 Å². The first-order valence-corrected chi connectivity index (χ1v) is 9.90. The van der Waals surface area contributed by atoms with Gasteiger partial charge in [-0.2, -0.15) is 10.4 Å². The molecule has 32 heavy (non-hydrogen) atoms. The van der Waals surface area contributed by atoms with Crippen molar-refractivity contribution in [3.63, 3.8) is 0 Å². The molecule has 4 rings (SSSR count). The molecule has 0 saturated carbocycles. The zero-order valence-electron chi connectivity index (χ0n) is 17.0. The van der Waals surface area contributed by atoms with Crippen LogP contribution < -0.4 is 10.3 Å². The third kappa shape index (κ3) is 4.86. The van der Waals surface area contributed by atoms with Crippen LogP contribution in [0.1, 0.15) is 11.1 Å². The minimum atomic E-state index is -0.225. The Hall–Kier alpha value is -4.35. The molecule has 1 N–H and O–H groups in total. The van der Waals surface area contributed by atoms with E-state index in [1.54, 1.807) is 36.7 Å². The fraction of sp³-hybridized carbons (Fsp3) is 0.125. The van der Waals surface area contributed by atoms with Crippen LogP contribution in [-0.4, -0.2) is 38.1 Å². The van der Waals surface area contributed by atoms with Crippen LogP contribution in [0.3, 0.4) is 0 Å². The molecule has 158 valence electrons. The van der Waals surface area contributed by atoms with Crippen molar-refractivity contribution in [3.05, 3.63) is 94.5 Å². The molecule has 0 aliphatic rings. The van der Waals surface area contributed by atoms with Crippen molar-refractivity contribution >= 4 is 0 Å². The second-order valence-corrected chi connectivity index (χ2v) is 6.92. The minimum absolute atomic E-state index is 0.0812. The SMILES string of the molecule is N#Cc1cccc(-c2ccc(=O)n(Cc3cccc(-c4ncc(OCCO)cn4)c3)n2)c1. The number of aliphatic hydroxyl groups is 1. The predicted octanol–water partition coefficient (Wildman–Crippen LogP) is 2.66. The lowest BCUT2D eigenvalue weighted by atomic mass is 10.1. The maximum absolute atomic E-state index is 12.4. The topological polar surface area (TPSA) is 114 Å². The van der Waals surface area contributed by atoms with Crippen molar-refractivity contribution in [2.75, 3.05) is 13.2 Å². The lowest BCUT2D eigenvalue weighted by Crippen LogP contribution is -2.22. The van der Waals surface area contributed by atoms with E-state index in [0.717, 1.165) is 16.7 Å². The minimum Gasteiger partial charge on any atom is -0.488 e. The molecule has 0 fully saturated rings. The highest BCUT2D eigenvalue weighted by atomic mass is 16.5. The smallest absolute Gasteiger partial charge is 0.267 e. The number of nitriles is 1. The molecule has 2 aromatic heterocycles. The van der Waals surface area contributed by atoms with Gasteiger partial charge in [0.1, 0.15) is 6.61 Å². The summed E-state index contributed by atoms with van der Waals surface area (Å²) in [5.41, 5.74) is 3.34. The first-order valence-electron chi connectivity index (χ1n) is 9.90. The Balaban J connectivity index is 1.58. The molecule has 0 bridgehead atoms. The van der Waals surface area contributed by atoms with Gasteiger partial charge in [0, 0.05) is 17.2 Å². The molecule has 0 saturated heterocycles. The summed E-state index contributed by atoms with van der Waals surface area (Å²) in [6.07, 6.45) is 3.10. The van der Waals surface area contributed by atoms with Crippen molar-refractivity contribution < 1.29 is 9.84 Å². The van der Waals surface area contributed by atoms with E-state index in [9.17, 15) is 4.79 Å². The quantitative estimate of drug-likeness (QED) is 0.484. The summed E-state index contributed by atoms with van der Waals surface area (Å²) in [5.74, 6) is 0.998. The van der Waals surface area contributed by atoms with Gasteiger partial charge in [0.25, 0.3) is 5.56 Å². The van der Waals surface area contributed by atoms with Gasteiger partial charge in [0.05, 0.1) is 42.9 Å². The van der Waals surface area contributed by atoms with Gasteiger partial charge in [-0.05, 0) is 29.8 Å². The van der Waals surface area contributed by atoms with Gasteiger partial charge in [-0.15, -0.1) is 0 Å². The van der Waals surface area contributed by atoms with Crippen molar-refractivity contribution in [1.82, 2.24) is 19.7 Å². The summed E-state index contributed by atoms with van der Waals surface area (Å²) in [4.78, 5) is 21.0. The average molecular weight is 425 g/mol. The fourth-order valence-electron chi connectivity index (χ4n) is 3.15. The Morgan fingerprint density at radius 2 is 1.78 bits per heavy atom. The van der Waals surface area contributed by atoms with Gasteiger partial charge in [0.2, 0.25) is 0 Å². The fourth-order valence-corrected chi connectivity index (χ4v) is 3.15. The van der Waals surface area contributed by atoms with E-state index >= 15 is 0 Å². The van der Waals surface area contributed by atoms with E-state index < -0.39 is 0 Å². The standard InChI is InChI=1S/C24H19N5O3/c25-13-17-3-1-5-19(11-17)22-7-8-23(31)29(28-22)16-18-4-2-6-20(12-18)24-26-14-21(15-27-24)32-10-9-30/h1-8,11-12,14-15,30H,9-10,16H2. The van der Waals surface area contributed by atoms with E-state index in [0.29, 0.717) is 22.8 Å². The number of nitrogens with zero attached hydrogens (tertiary/aromatic N) is 5. The molecule has 4 aromatic rings. The molecule has 2 heterocycles. The highest BCUT2D eigenvalue weighted by molar-refractivity contribution is 5.60. The first kappa shape index (κ1) is 20.9. The Morgan fingerprint density at radius 3 is 2.56 bits per heavy atom. The maximum Gasteiger partial charge on any atom is 0.267 e. The Morgan fingerprint density at radius 1 is 1.00 bits per heavy atom. The van der Waals surface area contributed by atoms with Crippen molar-refractivity contribution in [2.24, 2.45) is 0 Å². The lowest BCUT2D eigenvalue weighted by molar-refractivity contribution is 0.200. The maximum atomic E-state index is 12.4. The molecule has 0 unspecified atom stereocenters. The van der Waals surface area contributed by atoms with Gasteiger partial charge in [-0.25, -0.2) is 14.6 Å². The number of hydrogen-bond donors (Lipinski definition) is 1. The van der Waals surface area contributed by atoms with Crippen LogP contribution in [0.2, 0.25) is 0 Å². The number of aliphatic hydroxyl groups excluding tert-OH is 1. The van der Waals surface area contributed by atoms with Gasteiger partial charge in [-0.3, -0.25) is 4.79 Å². The summed E-state index contributed by atoms with van der Waals surface area (Å²) in [6, 6.07) is 19.9. The summed E-state index contributed by atoms with van der Waals surface area (Å²) in [6.45, 7) is 0.373. The van der Waals surface area contributed by atoms with Crippen LogP contribution in [0, 0.1) is 11.3 Å². The van der Waals surface area contributed by atoms with E-state index in [2.05, 4.69) is 21.1 Å². The third-order valence-corrected chi connectivity index (χ3v) is 4.66. The van der Waals surface area contributed by atoms with Crippen molar-refractivity contribution in [3.8, 4) is 34.5 Å². The normalized spacial score (nSPS) is 10.5. The average Bonchev–Trinajstić information content (AvgIpc) is 2.84. The first-order chi connectivity index (χ1) is 15.7. The Kier molecular flexibility index (Phi) is 6.30. The van der Waals surface area contributed by atoms with Gasteiger partial charge < -0.3 is 9.84 Å². The van der Waals surface area contributed by atoms with Crippen LogP contribution in [0.5, 0.6) is 5.75 Å². The number of hydrogen-bond acceptors (Lipinski definition) is 7. The highest BCUT2D eigenvalue weighted by Crippen LogP contribution is 2.19. The molecule has 8 nitrogen and oxygen atoms in total. The third-order valence-electron chi connectivity index (χ3n) is 4.66. The molecule has 0 atom stereocenters. The summed E-state index contributed by atoms with van der Waals surface area (Å²) in [5, 5.41) is 22.4. The van der Waals surface area contributed by atoms with E-state index in [1.165, 1.54) is 10.7 Å². The largest absolute Gasteiger partial charge is 0.488 e. The zero-order chi connectivity index (χ0) is 22.3. The molecule has 0 aliphatic carbocycles. The monoisotopic (exact) mass is 425 g/mol. The highest BCUT2D eigenvalue weighted by Gasteiger charge is 2.08. The zero-order valence-corrected chi connectivity index (χ0v) is 17.0. The summed E-state index contributed by atoms with van der Waals surface area (Å²) in [7, 11) is 0. The second kappa shape index (κ2) is 9.64. The molecule has 8 heteroatoms. The van der Waals surface area contributed by atoms with Crippen LogP contribution in [-0.2, 0) is 6.54 Å². The van der Waals surface area contributed by atoms with Crippen LogP contribution in [0.4, 0.5) is 0 Å². The number of ether oxygens (including phenoxy) is 1. The van der Waals surface area contributed by atoms with Crippen molar-refractivity contribution in [2.45, 2.75) is 6.54 Å². The number of benzene rings is 2.